The highest BCUT2D eigenvalue weighted by atomic mass is 15.0. The lowest BCUT2D eigenvalue weighted by Crippen LogP contribution is -2.00. The van der Waals surface area contributed by atoms with Gasteiger partial charge in [0.2, 0.25) is 0 Å². The fourth-order valence-corrected chi connectivity index (χ4v) is 8.75. The first-order valence-electron chi connectivity index (χ1n) is 18.3. The molecule has 0 aliphatic carbocycles. The number of rotatable bonds is 3. The summed E-state index contributed by atoms with van der Waals surface area (Å²) in [5, 5.41) is 9.75. The molecule has 250 valence electrons. The van der Waals surface area contributed by atoms with E-state index in [2.05, 4.69) is 148 Å². The monoisotopic (exact) mass is 687 g/mol. The molecule has 0 saturated heterocycles. The molecule has 0 aliphatic rings. The molecule has 0 atom stereocenters. The molecule has 12 aromatic rings. The summed E-state index contributed by atoms with van der Waals surface area (Å²) in [7, 11) is 0. The molecular weight excluding hydrogens is 659 g/mol. The lowest BCUT2D eigenvalue weighted by atomic mass is 9.99. The highest BCUT2D eigenvalue weighted by Gasteiger charge is 2.22. The van der Waals surface area contributed by atoms with Gasteiger partial charge in [-0.15, -0.1) is 0 Å². The summed E-state index contributed by atoms with van der Waals surface area (Å²) >= 11 is 0. The second-order valence-electron chi connectivity index (χ2n) is 14.0. The predicted octanol–water partition coefficient (Wildman–Crippen LogP) is 12.3. The van der Waals surface area contributed by atoms with Gasteiger partial charge < -0.3 is 8.80 Å². The smallest absolute Gasteiger partial charge is 0.164 e. The van der Waals surface area contributed by atoms with Gasteiger partial charge in [-0.2, -0.15) is 0 Å². The van der Waals surface area contributed by atoms with E-state index in [1.807, 2.05) is 36.4 Å². The minimum atomic E-state index is 0.635. The highest BCUT2D eigenvalue weighted by Crippen LogP contribution is 2.43. The maximum atomic E-state index is 5.13. The van der Waals surface area contributed by atoms with Crippen LogP contribution >= 0.6 is 0 Å². The van der Waals surface area contributed by atoms with Gasteiger partial charge in [-0.05, 0) is 41.1 Å². The maximum Gasteiger partial charge on any atom is 0.164 e. The van der Waals surface area contributed by atoms with Crippen LogP contribution in [0.1, 0.15) is 0 Å². The van der Waals surface area contributed by atoms with Gasteiger partial charge >= 0.3 is 0 Å². The molecule has 0 bridgehead atoms. The van der Waals surface area contributed by atoms with E-state index in [9.17, 15) is 0 Å². The van der Waals surface area contributed by atoms with Crippen LogP contribution in [-0.2, 0) is 0 Å². The van der Waals surface area contributed by atoms with Crippen molar-refractivity contribution in [3.05, 3.63) is 176 Å². The van der Waals surface area contributed by atoms with Crippen molar-refractivity contribution in [2.45, 2.75) is 0 Å². The van der Waals surface area contributed by atoms with E-state index in [1.54, 1.807) is 0 Å². The molecule has 5 nitrogen and oxygen atoms in total. The predicted molar refractivity (Wildman–Crippen MR) is 223 cm³/mol. The van der Waals surface area contributed by atoms with Gasteiger partial charge in [-0.1, -0.05) is 146 Å². The van der Waals surface area contributed by atoms with Gasteiger partial charge in [0.1, 0.15) is 0 Å². The normalized spacial score (nSPS) is 12.1. The van der Waals surface area contributed by atoms with Crippen molar-refractivity contribution in [3.8, 4) is 34.2 Å². The average Bonchev–Trinajstić information content (AvgIpc) is 3.77. The molecule has 8 aromatic carbocycles. The number of benzene rings is 8. The van der Waals surface area contributed by atoms with E-state index in [0.717, 1.165) is 27.7 Å². The first-order valence-corrected chi connectivity index (χ1v) is 18.3. The number of fused-ring (bicyclic) bond motifs is 12. The Bertz CT molecular complexity index is 3430. The van der Waals surface area contributed by atoms with Crippen LogP contribution in [0.3, 0.4) is 0 Å². The standard InChI is InChI=1S/C49H29N5/c1-3-14-30(15-4-1)47-50-48(31-16-5-2-6-17-31)52-49(51-47)33-26-27-38-43(29-33)54-42-25-13-22-37-35-20-9-11-23-40(35)53(45(37)42)41-24-12-10-21-36(41)39-28-32-18-7-8-19-34(32)44(38)46(39)54/h1-29H. The summed E-state index contributed by atoms with van der Waals surface area (Å²) in [4.78, 5) is 15.2. The van der Waals surface area contributed by atoms with E-state index in [0.29, 0.717) is 17.5 Å². The van der Waals surface area contributed by atoms with Crippen LogP contribution in [0.2, 0.25) is 0 Å². The Kier molecular flexibility index (Phi) is 5.99. The molecule has 0 aliphatic heterocycles. The van der Waals surface area contributed by atoms with Gasteiger partial charge in [0.25, 0.3) is 0 Å². The quantitative estimate of drug-likeness (QED) is 0.186. The summed E-state index contributed by atoms with van der Waals surface area (Å²) in [6, 6.07) is 62.6. The molecule has 0 radical (unpaired) electrons. The molecule has 54 heavy (non-hydrogen) atoms. The van der Waals surface area contributed by atoms with Gasteiger partial charge in [-0.3, -0.25) is 0 Å². The van der Waals surface area contributed by atoms with Crippen LogP contribution in [0.4, 0.5) is 0 Å². The van der Waals surface area contributed by atoms with Crippen LogP contribution in [-0.4, -0.2) is 23.8 Å². The second kappa shape index (κ2) is 11.1. The van der Waals surface area contributed by atoms with Gasteiger partial charge in [0.15, 0.2) is 17.5 Å². The molecule has 0 amide bonds. The molecule has 4 aromatic heterocycles. The van der Waals surface area contributed by atoms with Crippen molar-refractivity contribution in [2.75, 3.05) is 0 Å². The Labute approximate surface area is 309 Å². The largest absolute Gasteiger partial charge is 0.307 e. The molecule has 12 rings (SSSR count). The number of hydrogen-bond donors (Lipinski definition) is 0. The van der Waals surface area contributed by atoms with Crippen LogP contribution < -0.4 is 0 Å². The van der Waals surface area contributed by atoms with E-state index < -0.39 is 0 Å². The zero-order valence-electron chi connectivity index (χ0n) is 29.0. The third kappa shape index (κ3) is 4.06. The molecule has 4 heterocycles. The van der Waals surface area contributed by atoms with E-state index in [1.165, 1.54) is 65.2 Å². The maximum absolute atomic E-state index is 5.13. The van der Waals surface area contributed by atoms with E-state index in [4.69, 9.17) is 15.0 Å². The topological polar surface area (TPSA) is 47.5 Å². The Morgan fingerprint density at radius 1 is 0.296 bits per heavy atom. The highest BCUT2D eigenvalue weighted by molar-refractivity contribution is 6.30. The SMILES string of the molecule is c1ccc(-c2nc(-c3ccccc3)nc(-c3ccc4c5c6ccccc6cc6c7ccccc7n7c8ccccc8c8cccc(c87)n(c4c3)c65)n2)cc1. The first kappa shape index (κ1) is 29.2. The molecule has 0 saturated carbocycles. The Balaban J connectivity index is 1.30. The molecule has 5 heteroatoms. The summed E-state index contributed by atoms with van der Waals surface area (Å²) in [5.41, 5.74) is 9.82. The van der Waals surface area contributed by atoms with Crippen molar-refractivity contribution in [3.63, 3.8) is 0 Å². The first-order chi connectivity index (χ1) is 26.8. The minimum absolute atomic E-state index is 0.635. The zero-order valence-corrected chi connectivity index (χ0v) is 29.0. The fraction of sp³-hybridized carbons (Fsp3) is 0. The Morgan fingerprint density at radius 3 is 1.50 bits per heavy atom. The Hall–Kier alpha value is -7.37. The van der Waals surface area contributed by atoms with E-state index in [-0.39, 0.29) is 0 Å². The number of hydrogen-bond acceptors (Lipinski definition) is 3. The number of nitrogens with zero attached hydrogens (tertiary/aromatic N) is 5. The summed E-state index contributed by atoms with van der Waals surface area (Å²) in [5.74, 6) is 1.93. The number of para-hydroxylation sites is 3. The van der Waals surface area contributed by atoms with Gasteiger partial charge in [0, 0.05) is 49.0 Å². The molecule has 0 unspecified atom stereocenters. The summed E-state index contributed by atoms with van der Waals surface area (Å²) < 4.78 is 4.97. The van der Waals surface area contributed by atoms with Crippen LogP contribution in [0.25, 0.3) is 110 Å². The van der Waals surface area contributed by atoms with Crippen molar-refractivity contribution in [1.82, 2.24) is 23.8 Å². The van der Waals surface area contributed by atoms with Gasteiger partial charge in [0.05, 0.1) is 33.1 Å². The van der Waals surface area contributed by atoms with E-state index >= 15 is 0 Å². The minimum Gasteiger partial charge on any atom is -0.307 e. The van der Waals surface area contributed by atoms with Gasteiger partial charge in [-0.25, -0.2) is 15.0 Å². The molecular formula is C49H29N5. The van der Waals surface area contributed by atoms with Crippen molar-refractivity contribution >= 4 is 76.2 Å². The zero-order chi connectivity index (χ0) is 35.3. The van der Waals surface area contributed by atoms with Crippen LogP contribution in [0.5, 0.6) is 0 Å². The number of aromatic nitrogens is 5. The summed E-state index contributed by atoms with van der Waals surface area (Å²) in [6.45, 7) is 0. The Morgan fingerprint density at radius 2 is 0.815 bits per heavy atom. The second-order valence-corrected chi connectivity index (χ2v) is 14.0. The van der Waals surface area contributed by atoms with Crippen molar-refractivity contribution in [1.29, 1.82) is 0 Å². The lowest BCUT2D eigenvalue weighted by molar-refractivity contribution is 1.07. The lowest BCUT2D eigenvalue weighted by Gasteiger charge is -2.12. The molecule has 0 fully saturated rings. The molecule has 0 spiro atoms. The molecule has 0 N–H and O–H groups in total. The van der Waals surface area contributed by atoms with Crippen molar-refractivity contribution in [2.24, 2.45) is 0 Å². The summed E-state index contributed by atoms with van der Waals surface area (Å²) in [6.07, 6.45) is 0. The average molecular weight is 688 g/mol. The third-order valence-electron chi connectivity index (χ3n) is 11.1. The van der Waals surface area contributed by atoms with Crippen LogP contribution in [0, 0.1) is 0 Å². The van der Waals surface area contributed by atoms with Crippen LogP contribution in [0.15, 0.2) is 176 Å². The van der Waals surface area contributed by atoms with Crippen molar-refractivity contribution < 1.29 is 0 Å². The fourth-order valence-electron chi connectivity index (χ4n) is 8.75. The third-order valence-corrected chi connectivity index (χ3v) is 11.1.